The molecule has 0 spiro atoms. The van der Waals surface area contributed by atoms with E-state index in [-0.39, 0.29) is 11.9 Å². The van der Waals surface area contributed by atoms with Gasteiger partial charge in [0, 0.05) is 42.7 Å². The zero-order chi connectivity index (χ0) is 24.1. The fourth-order valence-corrected chi connectivity index (χ4v) is 4.81. The van der Waals surface area contributed by atoms with Gasteiger partial charge >= 0.3 is 0 Å². The number of oxazole rings is 1. The van der Waals surface area contributed by atoms with Crippen molar-refractivity contribution in [3.63, 3.8) is 0 Å². The third-order valence-electron chi connectivity index (χ3n) is 6.40. The molecule has 7 nitrogen and oxygen atoms in total. The summed E-state index contributed by atoms with van der Waals surface area (Å²) in [5.74, 6) is -0.649. The van der Waals surface area contributed by atoms with Crippen LogP contribution >= 0.6 is 0 Å². The number of benzene rings is 2. The number of carbonyl (C=O) groups is 1. The van der Waals surface area contributed by atoms with Gasteiger partial charge in [-0.25, -0.2) is 18.3 Å². The van der Waals surface area contributed by atoms with Crippen molar-refractivity contribution in [1.29, 1.82) is 0 Å². The maximum atomic E-state index is 14.5. The van der Waals surface area contributed by atoms with Gasteiger partial charge in [0.2, 0.25) is 0 Å². The maximum Gasteiger partial charge on any atom is 0.259 e. The van der Waals surface area contributed by atoms with Crippen molar-refractivity contribution >= 4 is 33.9 Å². The molecular weight excluding hydrogens is 452 g/mol. The number of amides is 1. The van der Waals surface area contributed by atoms with Crippen LogP contribution in [0.1, 0.15) is 40.7 Å². The first-order valence-electron chi connectivity index (χ1n) is 11.3. The fourth-order valence-electron chi connectivity index (χ4n) is 4.81. The van der Waals surface area contributed by atoms with Crippen molar-refractivity contribution < 1.29 is 18.0 Å². The van der Waals surface area contributed by atoms with Gasteiger partial charge in [-0.05, 0) is 55.3 Å². The van der Waals surface area contributed by atoms with Crippen molar-refractivity contribution in [1.82, 2.24) is 14.6 Å². The number of carbonyl (C=O) groups excluding carboxylic acids is 1. The highest BCUT2D eigenvalue weighted by molar-refractivity contribution is 6.09. The molecule has 1 N–H and O–H groups in total. The summed E-state index contributed by atoms with van der Waals surface area (Å²) in [5, 5.41) is 7.19. The number of hydrogen-bond acceptors (Lipinski definition) is 5. The topological polar surface area (TPSA) is 75.7 Å². The average molecular weight is 473 g/mol. The van der Waals surface area contributed by atoms with Crippen LogP contribution in [-0.4, -0.2) is 27.0 Å². The van der Waals surface area contributed by atoms with Crippen molar-refractivity contribution in [3.05, 3.63) is 89.6 Å². The van der Waals surface area contributed by atoms with Crippen LogP contribution in [0.2, 0.25) is 0 Å². The zero-order valence-electron chi connectivity index (χ0n) is 18.8. The van der Waals surface area contributed by atoms with Gasteiger partial charge in [0.1, 0.15) is 17.2 Å². The summed E-state index contributed by atoms with van der Waals surface area (Å²) in [5.41, 5.74) is 4.05. The molecular formula is C26H21F2N5O2. The molecule has 1 aliphatic heterocycles. The number of nitrogens with zero attached hydrogens (tertiary/aromatic N) is 4. The minimum absolute atomic E-state index is 0.287. The summed E-state index contributed by atoms with van der Waals surface area (Å²) in [6, 6.07) is 12.3. The zero-order valence-corrected chi connectivity index (χ0v) is 18.8. The molecule has 6 rings (SSSR count). The molecule has 1 atom stereocenters. The van der Waals surface area contributed by atoms with Crippen LogP contribution in [0.3, 0.4) is 0 Å². The lowest BCUT2D eigenvalue weighted by molar-refractivity contribution is 0.102. The maximum absolute atomic E-state index is 14.5. The number of nitrogens with one attached hydrogen (secondary N) is 1. The molecule has 0 bridgehead atoms. The summed E-state index contributed by atoms with van der Waals surface area (Å²) in [6.07, 6.45) is 4.84. The predicted octanol–water partition coefficient (Wildman–Crippen LogP) is 5.66. The molecule has 0 aliphatic carbocycles. The lowest BCUT2D eigenvalue weighted by Crippen LogP contribution is -2.23. The Morgan fingerprint density at radius 3 is 2.91 bits per heavy atom. The Hall–Kier alpha value is -4.27. The van der Waals surface area contributed by atoms with Gasteiger partial charge in [-0.3, -0.25) is 4.79 Å². The number of pyridine rings is 1. The van der Waals surface area contributed by atoms with Crippen LogP contribution in [0.5, 0.6) is 0 Å². The van der Waals surface area contributed by atoms with E-state index >= 15 is 0 Å². The first-order valence-corrected chi connectivity index (χ1v) is 11.3. The normalized spacial score (nSPS) is 15.9. The van der Waals surface area contributed by atoms with E-state index in [1.54, 1.807) is 35.8 Å². The van der Waals surface area contributed by atoms with Gasteiger partial charge in [0.25, 0.3) is 5.91 Å². The second-order valence-electron chi connectivity index (χ2n) is 8.66. The van der Waals surface area contributed by atoms with Crippen molar-refractivity contribution in [2.75, 3.05) is 16.8 Å². The summed E-state index contributed by atoms with van der Waals surface area (Å²) in [4.78, 5) is 19.4. The molecule has 0 radical (unpaired) electrons. The first kappa shape index (κ1) is 21.3. The second kappa shape index (κ2) is 8.19. The summed E-state index contributed by atoms with van der Waals surface area (Å²) in [6.45, 7) is 2.46. The van der Waals surface area contributed by atoms with Crippen LogP contribution in [-0.2, 0) is 0 Å². The smallest absolute Gasteiger partial charge is 0.259 e. The molecule has 176 valence electrons. The number of anilines is 2. The van der Waals surface area contributed by atoms with E-state index in [0.29, 0.717) is 46.8 Å². The van der Waals surface area contributed by atoms with Crippen LogP contribution < -0.4 is 10.2 Å². The summed E-state index contributed by atoms with van der Waals surface area (Å²) in [7, 11) is 0. The molecule has 4 heterocycles. The lowest BCUT2D eigenvalue weighted by atomic mass is 10.0. The number of halogens is 2. The van der Waals surface area contributed by atoms with Gasteiger partial charge in [0.15, 0.2) is 11.5 Å². The number of hydrogen-bond donors (Lipinski definition) is 1. The van der Waals surface area contributed by atoms with Gasteiger partial charge in [-0.2, -0.15) is 5.10 Å². The number of aryl methyl sites for hydroxylation is 1. The highest BCUT2D eigenvalue weighted by Crippen LogP contribution is 2.38. The largest absolute Gasteiger partial charge is 0.441 e. The molecule has 1 amide bonds. The fraction of sp³-hybridized carbons (Fsp3) is 0.192. The van der Waals surface area contributed by atoms with Crippen LogP contribution in [0, 0.1) is 18.6 Å². The Morgan fingerprint density at radius 1 is 1.14 bits per heavy atom. The van der Waals surface area contributed by atoms with Gasteiger partial charge in [-0.15, -0.1) is 0 Å². The van der Waals surface area contributed by atoms with Crippen molar-refractivity contribution in [2.45, 2.75) is 25.8 Å². The Balaban J connectivity index is 1.31. The van der Waals surface area contributed by atoms with Gasteiger partial charge < -0.3 is 14.6 Å². The molecule has 9 heteroatoms. The molecule has 1 aliphatic rings. The molecule has 2 aromatic carbocycles. The van der Waals surface area contributed by atoms with E-state index in [2.05, 4.69) is 15.4 Å². The van der Waals surface area contributed by atoms with Gasteiger partial charge in [0.05, 0.1) is 23.3 Å². The Bertz CT molecular complexity index is 1590. The molecule has 1 saturated heterocycles. The molecule has 0 saturated carbocycles. The third kappa shape index (κ3) is 3.78. The van der Waals surface area contributed by atoms with E-state index in [9.17, 15) is 13.6 Å². The third-order valence-corrected chi connectivity index (χ3v) is 6.40. The monoisotopic (exact) mass is 473 g/mol. The highest BCUT2D eigenvalue weighted by Gasteiger charge is 2.29. The van der Waals surface area contributed by atoms with Gasteiger partial charge in [-0.1, -0.05) is 0 Å². The van der Waals surface area contributed by atoms with Crippen molar-refractivity contribution in [3.8, 4) is 0 Å². The number of fused-ring (bicyclic) bond motifs is 2. The number of rotatable bonds is 4. The van der Waals surface area contributed by atoms with E-state index in [4.69, 9.17) is 4.42 Å². The highest BCUT2D eigenvalue weighted by atomic mass is 19.1. The predicted molar refractivity (Wildman–Crippen MR) is 128 cm³/mol. The minimum Gasteiger partial charge on any atom is -0.441 e. The molecule has 1 fully saturated rings. The molecule has 5 aromatic rings. The van der Waals surface area contributed by atoms with E-state index in [1.165, 1.54) is 18.3 Å². The van der Waals surface area contributed by atoms with Crippen LogP contribution in [0.25, 0.3) is 16.6 Å². The Morgan fingerprint density at radius 2 is 2.03 bits per heavy atom. The SMILES string of the molecule is Cc1nc2ccc(NC(=O)c3cnn4ccc(N5CCCC5c5cc(F)ccc5F)cc34)cc2o1. The van der Waals surface area contributed by atoms with E-state index < -0.39 is 11.6 Å². The molecule has 3 aromatic heterocycles. The summed E-state index contributed by atoms with van der Waals surface area (Å²) < 4.78 is 35.5. The minimum atomic E-state index is -0.461. The quantitative estimate of drug-likeness (QED) is 0.365. The second-order valence-corrected chi connectivity index (χ2v) is 8.66. The molecule has 35 heavy (non-hydrogen) atoms. The summed E-state index contributed by atoms with van der Waals surface area (Å²) >= 11 is 0. The Labute approximate surface area is 199 Å². The van der Waals surface area contributed by atoms with Crippen molar-refractivity contribution in [2.24, 2.45) is 0 Å². The average Bonchev–Trinajstić information content (AvgIpc) is 3.57. The standard InChI is InChI=1S/C26H21F2N5O2/c1-15-30-22-7-5-17(12-25(22)35-15)31-26(34)20-14-29-33-10-8-18(13-24(20)33)32-9-2-3-23(32)19-11-16(27)4-6-21(19)28/h4-8,10-14,23H,2-3,9H2,1H3,(H,31,34). The lowest BCUT2D eigenvalue weighted by Gasteiger charge is -2.27. The first-order chi connectivity index (χ1) is 17.0. The Kier molecular flexibility index (Phi) is 4.98. The molecule has 1 unspecified atom stereocenters. The van der Waals surface area contributed by atoms with Crippen LogP contribution in [0.4, 0.5) is 20.2 Å². The van der Waals surface area contributed by atoms with Crippen LogP contribution in [0.15, 0.2) is 65.3 Å². The van der Waals surface area contributed by atoms with E-state index in [1.807, 2.05) is 17.0 Å². The number of aromatic nitrogens is 3. The van der Waals surface area contributed by atoms with E-state index in [0.717, 1.165) is 23.7 Å².